The van der Waals surface area contributed by atoms with Crippen LogP contribution in [-0.2, 0) is 37.5 Å². The SMILES string of the molecule is CC(C)(CCCCOc1cc(-c2ccccc2)cc(-c2ccccc2)n1)c1nnnn1CCCCC(=O)NCCCOCCOCCOCCCNC(=O)c1ccc(N=NCc2ccccc2O)nc1. The zero-order valence-corrected chi connectivity index (χ0v) is 40.4. The molecule has 0 radical (unpaired) electrons. The number of aromatic nitrogens is 6. The van der Waals surface area contributed by atoms with Crippen molar-refractivity contribution in [2.24, 2.45) is 10.2 Å². The number of nitrogens with zero attached hydrogens (tertiary/aromatic N) is 8. The minimum atomic E-state index is -0.234. The quantitative estimate of drug-likeness (QED) is 0.0268. The minimum absolute atomic E-state index is 0.0222. The fraction of sp³-hybridized carbons (Fsp3) is 0.415. The van der Waals surface area contributed by atoms with Gasteiger partial charge in [-0.3, -0.25) is 9.59 Å². The first-order valence-electron chi connectivity index (χ1n) is 24.2. The zero-order valence-electron chi connectivity index (χ0n) is 40.4. The van der Waals surface area contributed by atoms with Crippen LogP contribution in [0.1, 0.15) is 87.0 Å². The molecule has 0 atom stereocenters. The van der Waals surface area contributed by atoms with Gasteiger partial charge >= 0.3 is 0 Å². The van der Waals surface area contributed by atoms with Gasteiger partial charge < -0.3 is 34.7 Å². The molecule has 6 rings (SSSR count). The van der Waals surface area contributed by atoms with Crippen LogP contribution in [0.15, 0.2) is 126 Å². The number of benzene rings is 3. The van der Waals surface area contributed by atoms with Crippen LogP contribution in [-0.4, -0.2) is 106 Å². The number of unbranched alkanes of at least 4 members (excludes halogenated alkanes) is 2. The first-order chi connectivity index (χ1) is 34.2. The molecular formula is C53H66N10O7. The van der Waals surface area contributed by atoms with Gasteiger partial charge in [0.1, 0.15) is 5.75 Å². The minimum Gasteiger partial charge on any atom is -0.508 e. The van der Waals surface area contributed by atoms with E-state index in [0.29, 0.717) is 108 Å². The molecule has 3 N–H and O–H groups in total. The van der Waals surface area contributed by atoms with Crippen molar-refractivity contribution in [1.82, 2.24) is 40.8 Å². The third-order valence-corrected chi connectivity index (χ3v) is 11.3. The molecule has 17 nitrogen and oxygen atoms in total. The molecule has 0 bridgehead atoms. The Bertz CT molecular complexity index is 2430. The summed E-state index contributed by atoms with van der Waals surface area (Å²) in [5, 5.41) is 36.4. The van der Waals surface area contributed by atoms with Gasteiger partial charge in [-0.1, -0.05) is 92.7 Å². The van der Waals surface area contributed by atoms with Gasteiger partial charge in [0.2, 0.25) is 11.8 Å². The van der Waals surface area contributed by atoms with Crippen LogP contribution < -0.4 is 15.4 Å². The first-order valence-corrected chi connectivity index (χ1v) is 24.2. The van der Waals surface area contributed by atoms with Crippen LogP contribution in [0, 0.1) is 0 Å². The number of ether oxygens (including phenoxy) is 4. The number of azo groups is 1. The lowest BCUT2D eigenvalue weighted by Crippen LogP contribution is -2.25. The van der Waals surface area contributed by atoms with E-state index >= 15 is 0 Å². The number of carbonyl (C=O) groups excluding carboxylic acids is 2. The summed E-state index contributed by atoms with van der Waals surface area (Å²) < 4.78 is 24.9. The smallest absolute Gasteiger partial charge is 0.252 e. The molecule has 3 heterocycles. The van der Waals surface area contributed by atoms with Gasteiger partial charge in [0, 0.05) is 68.1 Å². The number of hydrogen-bond donors (Lipinski definition) is 3. The molecule has 0 saturated heterocycles. The number of phenolic OH excluding ortho intramolecular Hbond substituents is 1. The third-order valence-electron chi connectivity index (χ3n) is 11.3. The second-order valence-corrected chi connectivity index (χ2v) is 17.3. The Morgan fingerprint density at radius 2 is 1.39 bits per heavy atom. The van der Waals surface area contributed by atoms with Crippen LogP contribution in [0.5, 0.6) is 11.6 Å². The van der Waals surface area contributed by atoms with E-state index < -0.39 is 0 Å². The maximum atomic E-state index is 12.5. The lowest BCUT2D eigenvalue weighted by molar-refractivity contribution is -0.121. The summed E-state index contributed by atoms with van der Waals surface area (Å²) in [6.07, 6.45) is 7.46. The van der Waals surface area contributed by atoms with E-state index in [0.717, 1.165) is 60.3 Å². The fourth-order valence-corrected chi connectivity index (χ4v) is 7.40. The number of phenols is 1. The number of aryl methyl sites for hydroxylation is 1. The molecule has 17 heteroatoms. The average Bonchev–Trinajstić information content (AvgIpc) is 3.87. The second kappa shape index (κ2) is 29.2. The molecule has 0 unspecified atom stereocenters. The molecule has 3 aromatic carbocycles. The number of carbonyl (C=O) groups is 2. The lowest BCUT2D eigenvalue weighted by atomic mass is 9.86. The number of pyridine rings is 2. The summed E-state index contributed by atoms with van der Waals surface area (Å²) in [5.74, 6) is 1.78. The summed E-state index contributed by atoms with van der Waals surface area (Å²) in [6.45, 7) is 9.58. The molecule has 370 valence electrons. The van der Waals surface area contributed by atoms with Crippen LogP contribution in [0.3, 0.4) is 0 Å². The van der Waals surface area contributed by atoms with Gasteiger partial charge in [-0.2, -0.15) is 5.11 Å². The lowest BCUT2D eigenvalue weighted by Gasteiger charge is -2.23. The topological polar surface area (TPSA) is 209 Å². The normalized spacial score (nSPS) is 11.5. The highest BCUT2D eigenvalue weighted by Crippen LogP contribution is 2.30. The molecule has 0 aliphatic rings. The van der Waals surface area contributed by atoms with Crippen molar-refractivity contribution >= 4 is 17.6 Å². The Kier molecular flexibility index (Phi) is 21.8. The van der Waals surface area contributed by atoms with E-state index in [-0.39, 0.29) is 29.5 Å². The number of amides is 2. The van der Waals surface area contributed by atoms with E-state index in [1.165, 1.54) is 6.20 Å². The highest BCUT2D eigenvalue weighted by atomic mass is 16.5. The molecular weight excluding hydrogens is 889 g/mol. The van der Waals surface area contributed by atoms with Gasteiger partial charge in [-0.25, -0.2) is 14.6 Å². The van der Waals surface area contributed by atoms with Crippen LogP contribution in [0.2, 0.25) is 0 Å². The molecule has 0 fully saturated rings. The number of para-hydroxylation sites is 1. The second-order valence-electron chi connectivity index (χ2n) is 17.3. The van der Waals surface area contributed by atoms with Crippen LogP contribution in [0.25, 0.3) is 22.4 Å². The van der Waals surface area contributed by atoms with Crippen molar-refractivity contribution < 1.29 is 33.6 Å². The Labute approximate surface area is 410 Å². The highest BCUT2D eigenvalue weighted by molar-refractivity contribution is 5.94. The Morgan fingerprint density at radius 1 is 0.700 bits per heavy atom. The summed E-state index contributed by atoms with van der Waals surface area (Å²) >= 11 is 0. The standard InChI is InChI=1S/C53H66N10O7/c1-53(2,26-12-14-32-70-50-38-45(41-17-5-3-6-18-41)37-46(58-50)42-19-7-4-8-20-42)52-60-61-62-63(52)29-13-11-23-49(65)54-27-15-30-67-33-35-69-36-34-68-31-16-28-55-51(66)44-24-25-48(56-39-44)59-57-40-43-21-9-10-22-47(43)64/h3-10,17-22,24-25,37-39,64H,11-16,23,26-36,40H2,1-2H3,(H,54,65)(H,55,66). The Balaban J connectivity index is 0.730. The Morgan fingerprint density at radius 3 is 2.10 bits per heavy atom. The van der Waals surface area contributed by atoms with Crippen molar-refractivity contribution in [1.29, 1.82) is 0 Å². The number of rotatable bonds is 32. The molecule has 2 amide bonds. The average molecular weight is 955 g/mol. The summed E-state index contributed by atoms with van der Waals surface area (Å²) in [6, 6.07) is 34.8. The predicted octanol–water partition coefficient (Wildman–Crippen LogP) is 8.86. The van der Waals surface area contributed by atoms with Crippen molar-refractivity contribution in [2.45, 2.75) is 83.7 Å². The third kappa shape index (κ3) is 18.2. The molecule has 0 aliphatic carbocycles. The van der Waals surface area contributed by atoms with Gasteiger partial charge in [0.25, 0.3) is 5.91 Å². The summed E-state index contributed by atoms with van der Waals surface area (Å²) in [5.41, 5.74) is 4.96. The van der Waals surface area contributed by atoms with E-state index in [4.69, 9.17) is 23.9 Å². The van der Waals surface area contributed by atoms with Crippen molar-refractivity contribution in [3.05, 3.63) is 132 Å². The van der Waals surface area contributed by atoms with Gasteiger partial charge in [0.15, 0.2) is 11.6 Å². The number of tetrazole rings is 1. The van der Waals surface area contributed by atoms with E-state index in [1.807, 2.05) is 53.2 Å². The molecule has 0 saturated carbocycles. The fourth-order valence-electron chi connectivity index (χ4n) is 7.40. The highest BCUT2D eigenvalue weighted by Gasteiger charge is 2.27. The van der Waals surface area contributed by atoms with Crippen molar-refractivity contribution in [3.63, 3.8) is 0 Å². The summed E-state index contributed by atoms with van der Waals surface area (Å²) in [7, 11) is 0. The number of nitrogens with one attached hydrogen (secondary N) is 2. The maximum Gasteiger partial charge on any atom is 0.252 e. The van der Waals surface area contributed by atoms with Crippen LogP contribution in [0.4, 0.5) is 5.82 Å². The maximum absolute atomic E-state index is 12.5. The first kappa shape index (κ1) is 52.4. The van der Waals surface area contributed by atoms with E-state index in [1.54, 1.807) is 30.3 Å². The number of hydrogen-bond acceptors (Lipinski definition) is 14. The van der Waals surface area contributed by atoms with Gasteiger partial charge in [-0.15, -0.1) is 10.2 Å². The van der Waals surface area contributed by atoms with Crippen molar-refractivity contribution in [2.75, 3.05) is 59.3 Å². The van der Waals surface area contributed by atoms with Crippen LogP contribution >= 0.6 is 0 Å². The molecule has 70 heavy (non-hydrogen) atoms. The van der Waals surface area contributed by atoms with E-state index in [9.17, 15) is 14.7 Å². The van der Waals surface area contributed by atoms with Crippen molar-refractivity contribution in [3.8, 4) is 34.0 Å². The van der Waals surface area contributed by atoms with Gasteiger partial charge in [-0.05, 0) is 90.8 Å². The predicted molar refractivity (Wildman–Crippen MR) is 267 cm³/mol. The Hall–Kier alpha value is -6.95. The molecule has 0 aliphatic heterocycles. The number of aromatic hydroxyl groups is 1. The largest absolute Gasteiger partial charge is 0.508 e. The zero-order chi connectivity index (χ0) is 49.1. The molecule has 3 aromatic heterocycles. The van der Waals surface area contributed by atoms with Gasteiger partial charge in [0.05, 0.1) is 50.8 Å². The monoisotopic (exact) mass is 955 g/mol. The summed E-state index contributed by atoms with van der Waals surface area (Å²) in [4.78, 5) is 33.9. The van der Waals surface area contributed by atoms with E-state index in [2.05, 4.69) is 85.6 Å². The molecule has 6 aromatic rings. The molecule has 0 spiro atoms.